The Balaban J connectivity index is 2.25. The molecule has 0 radical (unpaired) electrons. The highest BCUT2D eigenvalue weighted by Gasteiger charge is 2.22. The molecule has 1 aliphatic rings. The summed E-state index contributed by atoms with van der Waals surface area (Å²) < 4.78 is 10.8. The number of esters is 1. The molecule has 1 aromatic carbocycles. The minimum atomic E-state index is -0.494. The molecule has 0 amide bonds. The van der Waals surface area contributed by atoms with Gasteiger partial charge in [-0.15, -0.1) is 0 Å². The maximum Gasteiger partial charge on any atom is 0.338 e. The van der Waals surface area contributed by atoms with Crippen molar-refractivity contribution < 1.29 is 14.3 Å². The lowest BCUT2D eigenvalue weighted by atomic mass is 9.99. The van der Waals surface area contributed by atoms with Gasteiger partial charge in [-0.05, 0) is 39.0 Å². The van der Waals surface area contributed by atoms with Gasteiger partial charge in [0, 0.05) is 18.0 Å². The molecule has 98 valence electrons. The van der Waals surface area contributed by atoms with E-state index < -0.39 is 5.60 Å². The molecule has 0 saturated carbocycles. The number of fused-ring (bicyclic) bond motifs is 1. The molecule has 1 heterocycles. The Hall–Kier alpha value is -1.55. The minimum absolute atomic E-state index is 0.0730. The zero-order valence-electron chi connectivity index (χ0n) is 11.0. The van der Waals surface area contributed by atoms with E-state index in [4.69, 9.17) is 15.2 Å². The van der Waals surface area contributed by atoms with Gasteiger partial charge in [0.25, 0.3) is 0 Å². The number of hydrogen-bond donors (Lipinski definition) is 1. The van der Waals surface area contributed by atoms with E-state index in [9.17, 15) is 4.79 Å². The second kappa shape index (κ2) is 4.61. The van der Waals surface area contributed by atoms with Crippen LogP contribution in [0.3, 0.4) is 0 Å². The van der Waals surface area contributed by atoms with E-state index in [1.54, 1.807) is 18.2 Å². The SMILES string of the molecule is CC(C)(C)OC(=O)c1ccc2c(c1)C(N)CCO2. The third-order valence-electron chi connectivity index (χ3n) is 2.73. The zero-order chi connectivity index (χ0) is 13.3. The fraction of sp³-hybridized carbons (Fsp3) is 0.500. The molecule has 0 aromatic heterocycles. The van der Waals surface area contributed by atoms with Gasteiger partial charge in [0.1, 0.15) is 11.4 Å². The largest absolute Gasteiger partial charge is 0.493 e. The average Bonchev–Trinajstić information content (AvgIpc) is 2.27. The first-order chi connectivity index (χ1) is 8.37. The molecule has 1 aliphatic heterocycles. The van der Waals surface area contributed by atoms with Gasteiger partial charge in [0.2, 0.25) is 0 Å². The lowest BCUT2D eigenvalue weighted by molar-refractivity contribution is 0.00693. The monoisotopic (exact) mass is 249 g/mol. The third kappa shape index (κ3) is 2.82. The van der Waals surface area contributed by atoms with Crippen molar-refractivity contribution >= 4 is 5.97 Å². The summed E-state index contributed by atoms with van der Waals surface area (Å²) in [4.78, 5) is 11.9. The summed E-state index contributed by atoms with van der Waals surface area (Å²) in [6, 6.07) is 5.20. The molecule has 1 unspecified atom stereocenters. The van der Waals surface area contributed by atoms with Crippen LogP contribution in [0.1, 0.15) is 49.2 Å². The molecule has 0 bridgehead atoms. The Bertz CT molecular complexity index is 463. The Kier molecular flexibility index (Phi) is 3.30. The lowest BCUT2D eigenvalue weighted by Gasteiger charge is -2.24. The van der Waals surface area contributed by atoms with Gasteiger partial charge in [0.15, 0.2) is 0 Å². The van der Waals surface area contributed by atoms with Gasteiger partial charge in [-0.25, -0.2) is 4.79 Å². The summed E-state index contributed by atoms with van der Waals surface area (Å²) in [5.74, 6) is 0.434. The standard InChI is InChI=1S/C14H19NO3/c1-14(2,3)18-13(16)9-4-5-12-10(8-9)11(15)6-7-17-12/h4-5,8,11H,6-7,15H2,1-3H3. The van der Waals surface area contributed by atoms with Gasteiger partial charge >= 0.3 is 5.97 Å². The van der Waals surface area contributed by atoms with E-state index in [2.05, 4.69) is 0 Å². The molecule has 1 atom stereocenters. The number of carbonyl (C=O) groups is 1. The van der Waals surface area contributed by atoms with Crippen molar-refractivity contribution in [3.63, 3.8) is 0 Å². The summed E-state index contributed by atoms with van der Waals surface area (Å²) in [7, 11) is 0. The fourth-order valence-corrected chi connectivity index (χ4v) is 1.89. The molecule has 4 nitrogen and oxygen atoms in total. The molecule has 0 spiro atoms. The number of rotatable bonds is 1. The van der Waals surface area contributed by atoms with Crippen LogP contribution in [0.4, 0.5) is 0 Å². The van der Waals surface area contributed by atoms with Crippen molar-refractivity contribution in [3.8, 4) is 5.75 Å². The molecule has 0 saturated heterocycles. The van der Waals surface area contributed by atoms with Crippen molar-refractivity contribution in [2.75, 3.05) is 6.61 Å². The second-order valence-corrected chi connectivity index (χ2v) is 5.50. The van der Waals surface area contributed by atoms with Crippen molar-refractivity contribution in [3.05, 3.63) is 29.3 Å². The van der Waals surface area contributed by atoms with Crippen LogP contribution in [-0.2, 0) is 4.74 Å². The van der Waals surface area contributed by atoms with E-state index in [1.807, 2.05) is 20.8 Å². The van der Waals surface area contributed by atoms with E-state index in [1.165, 1.54) is 0 Å². The Morgan fingerprint density at radius 1 is 1.44 bits per heavy atom. The number of hydrogen-bond acceptors (Lipinski definition) is 4. The molecule has 0 fully saturated rings. The number of nitrogens with two attached hydrogens (primary N) is 1. The quantitative estimate of drug-likeness (QED) is 0.776. The van der Waals surface area contributed by atoms with Crippen LogP contribution < -0.4 is 10.5 Å². The van der Waals surface area contributed by atoms with Gasteiger partial charge in [-0.1, -0.05) is 0 Å². The average molecular weight is 249 g/mol. The van der Waals surface area contributed by atoms with Crippen LogP contribution in [0, 0.1) is 0 Å². The predicted octanol–water partition coefficient (Wildman–Crippen LogP) is 2.42. The number of carbonyl (C=O) groups excluding carboxylic acids is 1. The molecular weight excluding hydrogens is 230 g/mol. The van der Waals surface area contributed by atoms with Crippen LogP contribution in [-0.4, -0.2) is 18.2 Å². The number of ether oxygens (including phenoxy) is 2. The van der Waals surface area contributed by atoms with Gasteiger partial charge in [-0.2, -0.15) is 0 Å². The van der Waals surface area contributed by atoms with Crippen molar-refractivity contribution in [1.82, 2.24) is 0 Å². The summed E-state index contributed by atoms with van der Waals surface area (Å²) in [6.45, 7) is 6.16. The molecule has 1 aromatic rings. The smallest absolute Gasteiger partial charge is 0.338 e. The van der Waals surface area contributed by atoms with Crippen LogP contribution >= 0.6 is 0 Å². The van der Waals surface area contributed by atoms with Crippen LogP contribution in [0.5, 0.6) is 5.75 Å². The molecule has 0 aliphatic carbocycles. The first-order valence-corrected chi connectivity index (χ1v) is 6.12. The van der Waals surface area contributed by atoms with Crippen LogP contribution in [0.2, 0.25) is 0 Å². The first kappa shape index (κ1) is 12.9. The molecule has 2 N–H and O–H groups in total. The van der Waals surface area contributed by atoms with E-state index in [0.717, 1.165) is 17.7 Å². The fourth-order valence-electron chi connectivity index (χ4n) is 1.89. The highest BCUT2D eigenvalue weighted by Crippen LogP contribution is 2.31. The van der Waals surface area contributed by atoms with Crippen LogP contribution in [0.15, 0.2) is 18.2 Å². The van der Waals surface area contributed by atoms with E-state index in [0.29, 0.717) is 12.2 Å². The molecular formula is C14H19NO3. The van der Waals surface area contributed by atoms with E-state index in [-0.39, 0.29) is 12.0 Å². The molecule has 18 heavy (non-hydrogen) atoms. The lowest BCUT2D eigenvalue weighted by Crippen LogP contribution is -2.25. The van der Waals surface area contributed by atoms with Crippen LogP contribution in [0.25, 0.3) is 0 Å². The maximum absolute atomic E-state index is 11.9. The van der Waals surface area contributed by atoms with Gasteiger partial charge < -0.3 is 15.2 Å². The Labute approximate surface area is 107 Å². The van der Waals surface area contributed by atoms with Crippen molar-refractivity contribution in [2.45, 2.75) is 38.8 Å². The first-order valence-electron chi connectivity index (χ1n) is 6.12. The summed E-state index contributed by atoms with van der Waals surface area (Å²) >= 11 is 0. The summed E-state index contributed by atoms with van der Waals surface area (Å²) in [5.41, 5.74) is 6.91. The second-order valence-electron chi connectivity index (χ2n) is 5.50. The van der Waals surface area contributed by atoms with Crippen molar-refractivity contribution in [1.29, 1.82) is 0 Å². The minimum Gasteiger partial charge on any atom is -0.493 e. The van der Waals surface area contributed by atoms with E-state index >= 15 is 0 Å². The van der Waals surface area contributed by atoms with Crippen molar-refractivity contribution in [2.24, 2.45) is 5.73 Å². The summed E-state index contributed by atoms with van der Waals surface area (Å²) in [6.07, 6.45) is 0.769. The highest BCUT2D eigenvalue weighted by atomic mass is 16.6. The number of benzene rings is 1. The molecule has 4 heteroatoms. The topological polar surface area (TPSA) is 61.5 Å². The Morgan fingerprint density at radius 2 is 2.17 bits per heavy atom. The molecule has 2 rings (SSSR count). The normalized spacial score (nSPS) is 18.8. The summed E-state index contributed by atoms with van der Waals surface area (Å²) in [5, 5.41) is 0. The predicted molar refractivity (Wildman–Crippen MR) is 68.7 cm³/mol. The maximum atomic E-state index is 11.9. The third-order valence-corrected chi connectivity index (χ3v) is 2.73. The van der Waals surface area contributed by atoms with Gasteiger partial charge in [-0.3, -0.25) is 0 Å². The Morgan fingerprint density at radius 3 is 2.83 bits per heavy atom. The highest BCUT2D eigenvalue weighted by molar-refractivity contribution is 5.90. The zero-order valence-corrected chi connectivity index (χ0v) is 11.0. The van der Waals surface area contributed by atoms with Gasteiger partial charge in [0.05, 0.1) is 12.2 Å².